The quantitative estimate of drug-likeness (QED) is 0.869. The van der Waals surface area contributed by atoms with Gasteiger partial charge in [-0.15, -0.1) is 0 Å². The fourth-order valence-electron chi connectivity index (χ4n) is 2.93. The largest absolute Gasteiger partial charge is 0.459 e. The molecule has 0 spiro atoms. The molecule has 0 saturated heterocycles. The molecule has 5 nitrogen and oxygen atoms in total. The van der Waals surface area contributed by atoms with Crippen LogP contribution in [0.2, 0.25) is 0 Å². The van der Waals surface area contributed by atoms with E-state index in [1.807, 2.05) is 54.6 Å². The highest BCUT2D eigenvalue weighted by Gasteiger charge is 2.42. The van der Waals surface area contributed by atoms with Gasteiger partial charge in [-0.05, 0) is 38.5 Å². The number of fused-ring (bicyclic) bond motifs is 1. The van der Waals surface area contributed by atoms with Gasteiger partial charge in [0.1, 0.15) is 18.2 Å². The van der Waals surface area contributed by atoms with Crippen molar-refractivity contribution in [3.8, 4) is 0 Å². The van der Waals surface area contributed by atoms with E-state index in [1.165, 1.54) is 4.90 Å². The summed E-state index contributed by atoms with van der Waals surface area (Å²) < 4.78 is 5.42. The third kappa shape index (κ3) is 3.36. The molecule has 1 N–H and O–H groups in total. The van der Waals surface area contributed by atoms with Gasteiger partial charge in [0.2, 0.25) is 0 Å². The Labute approximate surface area is 147 Å². The van der Waals surface area contributed by atoms with Crippen molar-refractivity contribution >= 4 is 23.3 Å². The van der Waals surface area contributed by atoms with Gasteiger partial charge in [0.05, 0.1) is 11.4 Å². The molecule has 1 amide bonds. The SMILES string of the molecule is CC(C(=O)OCc1ccccc1)N1C(=O)C(C)(C)Nc2ccccc21. The second-order valence-electron chi connectivity index (χ2n) is 6.71. The molecule has 0 saturated carbocycles. The minimum Gasteiger partial charge on any atom is -0.459 e. The van der Waals surface area contributed by atoms with E-state index in [9.17, 15) is 9.59 Å². The maximum absolute atomic E-state index is 12.9. The number of hydrogen-bond donors (Lipinski definition) is 1. The number of nitrogens with zero attached hydrogens (tertiary/aromatic N) is 1. The third-order valence-electron chi connectivity index (χ3n) is 4.32. The van der Waals surface area contributed by atoms with Crippen LogP contribution in [0.5, 0.6) is 0 Å². The van der Waals surface area contributed by atoms with Crippen LogP contribution in [0.4, 0.5) is 11.4 Å². The van der Waals surface area contributed by atoms with Crippen LogP contribution in [0.25, 0.3) is 0 Å². The molecule has 1 unspecified atom stereocenters. The first-order chi connectivity index (χ1) is 11.9. The molecule has 0 aromatic heterocycles. The van der Waals surface area contributed by atoms with Crippen LogP contribution in [0.15, 0.2) is 54.6 Å². The number of benzene rings is 2. The maximum Gasteiger partial charge on any atom is 0.329 e. The van der Waals surface area contributed by atoms with E-state index in [2.05, 4.69) is 5.32 Å². The molecule has 0 bridgehead atoms. The number of carbonyl (C=O) groups excluding carboxylic acids is 2. The van der Waals surface area contributed by atoms with E-state index in [1.54, 1.807) is 20.8 Å². The Morgan fingerprint density at radius 1 is 1.12 bits per heavy atom. The molecule has 0 fully saturated rings. The van der Waals surface area contributed by atoms with Crippen LogP contribution in [0, 0.1) is 0 Å². The number of hydrogen-bond acceptors (Lipinski definition) is 4. The molecule has 1 atom stereocenters. The van der Waals surface area contributed by atoms with Crippen LogP contribution in [0.1, 0.15) is 26.3 Å². The normalized spacial score (nSPS) is 16.6. The smallest absolute Gasteiger partial charge is 0.329 e. The average molecular weight is 338 g/mol. The molecular formula is C20H22N2O3. The highest BCUT2D eigenvalue weighted by Crippen LogP contribution is 2.36. The number of ether oxygens (including phenoxy) is 1. The number of rotatable bonds is 4. The van der Waals surface area contributed by atoms with Crippen molar-refractivity contribution in [1.82, 2.24) is 0 Å². The molecule has 130 valence electrons. The van der Waals surface area contributed by atoms with Crippen molar-refractivity contribution in [2.45, 2.75) is 39.0 Å². The standard InChI is InChI=1S/C20H22N2O3/c1-14(18(23)25-13-15-9-5-4-6-10-15)22-17-12-8-7-11-16(17)21-20(2,3)19(22)24/h4-12,14,21H,13H2,1-3H3. The summed E-state index contributed by atoms with van der Waals surface area (Å²) in [6.07, 6.45) is 0. The zero-order valence-electron chi connectivity index (χ0n) is 14.7. The molecule has 5 heteroatoms. The van der Waals surface area contributed by atoms with Gasteiger partial charge in [-0.2, -0.15) is 0 Å². The zero-order valence-corrected chi connectivity index (χ0v) is 14.7. The van der Waals surface area contributed by atoms with E-state index in [0.717, 1.165) is 11.3 Å². The highest BCUT2D eigenvalue weighted by molar-refractivity contribution is 6.10. The summed E-state index contributed by atoms with van der Waals surface area (Å²) in [5.41, 5.74) is 1.64. The molecule has 2 aromatic carbocycles. The Bertz CT molecular complexity index is 787. The van der Waals surface area contributed by atoms with Gasteiger partial charge in [0, 0.05) is 0 Å². The molecule has 3 rings (SSSR count). The summed E-state index contributed by atoms with van der Waals surface area (Å²) in [5.74, 6) is -0.583. The van der Waals surface area contributed by atoms with Crippen LogP contribution in [-0.2, 0) is 20.9 Å². The summed E-state index contributed by atoms with van der Waals surface area (Å²) in [5, 5.41) is 3.22. The van der Waals surface area contributed by atoms with Crippen molar-refractivity contribution < 1.29 is 14.3 Å². The average Bonchev–Trinajstić information content (AvgIpc) is 2.61. The first-order valence-corrected chi connectivity index (χ1v) is 8.31. The Balaban J connectivity index is 1.81. The molecule has 1 heterocycles. The summed E-state index contributed by atoms with van der Waals surface area (Å²) in [7, 11) is 0. The zero-order chi connectivity index (χ0) is 18.0. The number of esters is 1. The lowest BCUT2D eigenvalue weighted by Gasteiger charge is -2.41. The van der Waals surface area contributed by atoms with Crippen LogP contribution in [0.3, 0.4) is 0 Å². The molecular weight excluding hydrogens is 316 g/mol. The number of carbonyl (C=O) groups is 2. The summed E-state index contributed by atoms with van der Waals surface area (Å²) in [6, 6.07) is 16.3. The van der Waals surface area contributed by atoms with Crippen molar-refractivity contribution in [2.24, 2.45) is 0 Å². The van der Waals surface area contributed by atoms with Crippen LogP contribution < -0.4 is 10.2 Å². The van der Waals surface area contributed by atoms with E-state index in [-0.39, 0.29) is 12.5 Å². The lowest BCUT2D eigenvalue weighted by atomic mass is 9.96. The van der Waals surface area contributed by atoms with Crippen molar-refractivity contribution in [3.05, 3.63) is 60.2 Å². The fourth-order valence-corrected chi connectivity index (χ4v) is 2.93. The van der Waals surface area contributed by atoms with Gasteiger partial charge < -0.3 is 10.1 Å². The Morgan fingerprint density at radius 3 is 2.48 bits per heavy atom. The van der Waals surface area contributed by atoms with Crippen molar-refractivity contribution in [3.63, 3.8) is 0 Å². The first-order valence-electron chi connectivity index (χ1n) is 8.31. The fraction of sp³-hybridized carbons (Fsp3) is 0.300. The van der Waals surface area contributed by atoms with Crippen molar-refractivity contribution in [1.29, 1.82) is 0 Å². The molecule has 0 radical (unpaired) electrons. The molecule has 1 aliphatic heterocycles. The van der Waals surface area contributed by atoms with Gasteiger partial charge in [0.15, 0.2) is 0 Å². The number of nitrogens with one attached hydrogen (secondary N) is 1. The van der Waals surface area contributed by atoms with Gasteiger partial charge >= 0.3 is 5.97 Å². The molecule has 1 aliphatic rings. The van der Waals surface area contributed by atoms with Crippen LogP contribution >= 0.6 is 0 Å². The predicted molar refractivity (Wildman–Crippen MR) is 97.3 cm³/mol. The lowest BCUT2D eigenvalue weighted by molar-refractivity contribution is -0.147. The Morgan fingerprint density at radius 2 is 1.76 bits per heavy atom. The lowest BCUT2D eigenvalue weighted by Crippen LogP contribution is -2.58. The van der Waals surface area contributed by atoms with Gasteiger partial charge in [-0.1, -0.05) is 42.5 Å². The highest BCUT2D eigenvalue weighted by atomic mass is 16.5. The summed E-state index contributed by atoms with van der Waals surface area (Å²) in [6.45, 7) is 5.50. The summed E-state index contributed by atoms with van der Waals surface area (Å²) >= 11 is 0. The van der Waals surface area contributed by atoms with E-state index >= 15 is 0 Å². The third-order valence-corrected chi connectivity index (χ3v) is 4.32. The monoisotopic (exact) mass is 338 g/mol. The second-order valence-corrected chi connectivity index (χ2v) is 6.71. The Kier molecular flexibility index (Phi) is 4.49. The van der Waals surface area contributed by atoms with Crippen LogP contribution in [-0.4, -0.2) is 23.5 Å². The minimum atomic E-state index is -0.789. The number of anilines is 2. The summed E-state index contributed by atoms with van der Waals surface area (Å²) in [4.78, 5) is 27.0. The van der Waals surface area contributed by atoms with E-state index in [0.29, 0.717) is 5.69 Å². The van der Waals surface area contributed by atoms with E-state index in [4.69, 9.17) is 4.74 Å². The molecule has 2 aromatic rings. The maximum atomic E-state index is 12.9. The Hall–Kier alpha value is -2.82. The number of para-hydroxylation sites is 2. The van der Waals surface area contributed by atoms with Gasteiger partial charge in [-0.25, -0.2) is 4.79 Å². The molecule has 0 aliphatic carbocycles. The van der Waals surface area contributed by atoms with Crippen molar-refractivity contribution in [2.75, 3.05) is 10.2 Å². The second kappa shape index (κ2) is 6.59. The topological polar surface area (TPSA) is 58.6 Å². The minimum absolute atomic E-state index is 0.157. The predicted octanol–water partition coefficient (Wildman–Crippen LogP) is 3.36. The molecule has 25 heavy (non-hydrogen) atoms. The van der Waals surface area contributed by atoms with Gasteiger partial charge in [-0.3, -0.25) is 9.69 Å². The van der Waals surface area contributed by atoms with Gasteiger partial charge in [0.25, 0.3) is 5.91 Å². The van der Waals surface area contributed by atoms with E-state index < -0.39 is 17.6 Å². The number of amides is 1. The first kappa shape index (κ1) is 17.0.